The third-order valence-corrected chi connectivity index (χ3v) is 24.1. The fourth-order valence-corrected chi connectivity index (χ4v) is 16.1. The van der Waals surface area contributed by atoms with Gasteiger partial charge in [-0.15, -0.1) is 0 Å². The number of benzene rings is 4. The second-order valence-corrected chi connectivity index (χ2v) is 36.0. The second kappa shape index (κ2) is 38.1. The number of aryl methyl sites for hydroxylation is 1. The van der Waals surface area contributed by atoms with Gasteiger partial charge in [0.1, 0.15) is 17.2 Å². The summed E-state index contributed by atoms with van der Waals surface area (Å²) in [5, 5.41) is 16.9. The average Bonchev–Trinajstić information content (AvgIpc) is 1.21. The number of amides is 5. The van der Waals surface area contributed by atoms with Crippen LogP contribution >= 0.6 is 34.8 Å². The summed E-state index contributed by atoms with van der Waals surface area (Å²) < 4.78 is 85.9. The number of halogens is 3. The lowest BCUT2D eigenvalue weighted by atomic mass is 9.93. The van der Waals surface area contributed by atoms with Gasteiger partial charge in [0.15, 0.2) is 47.0 Å². The van der Waals surface area contributed by atoms with Gasteiger partial charge in [0, 0.05) is 146 Å². The molecule has 9 heterocycles. The molecule has 1 unspecified atom stereocenters. The van der Waals surface area contributed by atoms with Crippen molar-refractivity contribution in [3.8, 4) is 5.75 Å². The van der Waals surface area contributed by atoms with Gasteiger partial charge in [0.2, 0.25) is 11.8 Å². The van der Waals surface area contributed by atoms with E-state index in [0.29, 0.717) is 117 Å². The Labute approximate surface area is 678 Å². The minimum Gasteiger partial charge on any atom is -0.497 e. The Morgan fingerprint density at radius 3 is 1.30 bits per heavy atom. The highest BCUT2D eigenvalue weighted by Gasteiger charge is 2.31. The quantitative estimate of drug-likeness (QED) is 0.0375. The van der Waals surface area contributed by atoms with Gasteiger partial charge in [-0.1, -0.05) is 65.1 Å². The molecule has 0 radical (unpaired) electrons. The number of carbonyl (C=O) groups excluding carboxylic acids is 5. The summed E-state index contributed by atoms with van der Waals surface area (Å²) in [6.45, 7) is 8.69. The third-order valence-electron chi connectivity index (χ3n) is 20.1. The van der Waals surface area contributed by atoms with Crippen molar-refractivity contribution in [1.82, 2.24) is 35.1 Å². The van der Waals surface area contributed by atoms with Gasteiger partial charge in [-0.25, -0.2) is 45.2 Å². The molecule has 4 aromatic carbocycles. The molecule has 3 aliphatic heterocycles. The van der Waals surface area contributed by atoms with E-state index in [1.54, 1.807) is 80.1 Å². The number of hydrogen-bond acceptors (Lipinski definition) is 20. The Hall–Kier alpha value is -10.4. The van der Waals surface area contributed by atoms with Crippen molar-refractivity contribution in [3.05, 3.63) is 226 Å². The summed E-state index contributed by atoms with van der Waals surface area (Å²) in [5.41, 5.74) is 4.03. The van der Waals surface area contributed by atoms with Crippen LogP contribution in [0.5, 0.6) is 5.75 Å². The highest BCUT2D eigenvalue weighted by Crippen LogP contribution is 2.36. The zero-order valence-electron chi connectivity index (χ0n) is 63.8. The van der Waals surface area contributed by atoms with E-state index in [2.05, 4.69) is 74.3 Å². The number of fused-ring (bicyclic) bond motifs is 1. The van der Waals surface area contributed by atoms with Crippen LogP contribution in [0.3, 0.4) is 0 Å². The molecule has 10 aromatic rings. The predicted molar refractivity (Wildman–Crippen MR) is 443 cm³/mol. The van der Waals surface area contributed by atoms with Gasteiger partial charge >= 0.3 is 0 Å². The Morgan fingerprint density at radius 1 is 0.491 bits per heavy atom. The van der Waals surface area contributed by atoms with Crippen LogP contribution in [0.15, 0.2) is 202 Å². The Balaban J connectivity index is 0.000000169. The second-order valence-electron chi connectivity index (χ2n) is 28.6. The molecule has 600 valence electrons. The van der Waals surface area contributed by atoms with Crippen LogP contribution < -0.4 is 46.0 Å². The van der Waals surface area contributed by atoms with E-state index < -0.39 is 41.3 Å². The number of aromatic nitrogens is 5. The number of piperidine rings is 3. The molecular formula is C82H90Cl3N13O13S3. The maximum Gasteiger partial charge on any atom is 0.255 e. The zero-order chi connectivity index (χ0) is 81.4. The summed E-state index contributed by atoms with van der Waals surface area (Å²) in [4.78, 5) is 88.1. The van der Waals surface area contributed by atoms with E-state index in [9.17, 15) is 49.2 Å². The highest BCUT2D eigenvalue weighted by molar-refractivity contribution is 7.91. The number of ether oxygens (including phenoxy) is 1. The van der Waals surface area contributed by atoms with Crippen LogP contribution in [0.2, 0.25) is 15.1 Å². The molecule has 3 fully saturated rings. The van der Waals surface area contributed by atoms with Crippen molar-refractivity contribution in [2.24, 2.45) is 17.8 Å². The molecule has 2 atom stereocenters. The highest BCUT2D eigenvalue weighted by atomic mass is 35.5. The van der Waals surface area contributed by atoms with Crippen LogP contribution in [0, 0.1) is 17.8 Å². The molecule has 5 amide bonds. The number of nitrogens with zero attached hydrogens (tertiary/aromatic N) is 8. The molecule has 0 aliphatic carbocycles. The number of hydrogen-bond donors (Lipinski definition) is 5. The number of methoxy groups -OCH3 is 1. The third kappa shape index (κ3) is 23.2. The molecule has 114 heavy (non-hydrogen) atoms. The summed E-state index contributed by atoms with van der Waals surface area (Å²) in [6, 6.07) is 40.9. The van der Waals surface area contributed by atoms with Crippen LogP contribution in [0.1, 0.15) is 126 Å². The van der Waals surface area contributed by atoms with E-state index in [4.69, 9.17) is 44.0 Å². The molecule has 26 nitrogen and oxygen atoms in total. The van der Waals surface area contributed by atoms with E-state index in [1.807, 2.05) is 66.2 Å². The molecule has 6 aromatic heterocycles. The summed E-state index contributed by atoms with van der Waals surface area (Å²) >= 11 is 18.1. The standard InChI is InChI=1S/C29H33ClN4O5S.C27H28ClN5O3S.C26H29ClN4O5S/c1-19(21-6-5-9-24(16-21)39-2)32-27(35)14-20-10-12-34(13-11-20)28-26(17-25(18-31-28)40(3,37)38)33-29(36)22-7-4-8-23(30)15-22;1-37(35,36)23-17-24(31-27(34)21-4-2-6-22(28)16-21)26(30-18-23)33-13-8-19(9-14-33)7-12-32-15-10-20-5-3-11-29-25(20)32;1-17(23-7-4-12-36-23)29-24(32)13-18-8-10-31(11-9-18)25-22(15-21(16-28-25)37(2,34)35)30-26(33)19-5-3-6-20(27)14-19/h4-9,15-20H,10-14H2,1-3H3,(H,32,35)(H,33,36);2-6,10-11,15-19H,7-9,12-14H2,1H3,(H,31,34);3-7,12,14-18H,8-11,13H2,1-2H3,(H,29,32)(H,30,33)/t19-;;/m1../s1. The maximum atomic E-state index is 12.9. The summed E-state index contributed by atoms with van der Waals surface area (Å²) in [7, 11) is -8.96. The van der Waals surface area contributed by atoms with Crippen molar-refractivity contribution < 1.29 is 58.4 Å². The van der Waals surface area contributed by atoms with Crippen molar-refractivity contribution in [2.45, 2.75) is 105 Å². The fourth-order valence-electron chi connectivity index (χ4n) is 13.8. The SMILES string of the molecule is CC(NC(=O)CC1CCN(c2ncc(S(C)(=O)=O)cc2NC(=O)c2cccc(Cl)c2)CC1)c1ccco1.COc1cccc([C@@H](C)NC(=O)CC2CCN(c3ncc(S(C)(=O)=O)cc3NC(=O)c3cccc(Cl)c3)CC2)c1.CS(=O)(=O)c1cnc(N2CCC(CCn3ccc4cccnc43)CC2)c(NC(=O)c2cccc(Cl)c2)c1. The smallest absolute Gasteiger partial charge is 0.255 e. The molecule has 0 bridgehead atoms. The first kappa shape index (κ1) is 84.5. The van der Waals surface area contributed by atoms with E-state index in [0.717, 1.165) is 106 Å². The molecule has 0 spiro atoms. The number of pyridine rings is 4. The Bertz CT molecular complexity index is 5460. The van der Waals surface area contributed by atoms with Crippen molar-refractivity contribution >= 4 is 139 Å². The normalized spacial score (nSPS) is 14.9. The van der Waals surface area contributed by atoms with Gasteiger partial charge in [0.25, 0.3) is 17.7 Å². The van der Waals surface area contributed by atoms with Crippen molar-refractivity contribution in [1.29, 1.82) is 0 Å². The van der Waals surface area contributed by atoms with Crippen LogP contribution in [-0.4, -0.2) is 144 Å². The largest absolute Gasteiger partial charge is 0.497 e. The number of anilines is 6. The van der Waals surface area contributed by atoms with Crippen molar-refractivity contribution in [3.63, 3.8) is 0 Å². The average molecular weight is 1670 g/mol. The number of nitrogens with one attached hydrogen (secondary N) is 5. The van der Waals surface area contributed by atoms with E-state index >= 15 is 0 Å². The van der Waals surface area contributed by atoms with Gasteiger partial charge in [-0.2, -0.15) is 0 Å². The molecule has 0 saturated carbocycles. The number of sulfone groups is 3. The lowest BCUT2D eigenvalue weighted by molar-refractivity contribution is -0.123. The topological polar surface area (TPSA) is 336 Å². The van der Waals surface area contributed by atoms with Gasteiger partial charge in [0.05, 0.1) is 57.2 Å². The van der Waals surface area contributed by atoms with Gasteiger partial charge in [-0.05, 0) is 197 Å². The fraction of sp³-hybridized carbons (Fsp3) is 0.329. The first-order valence-corrected chi connectivity index (χ1v) is 43.9. The minimum atomic E-state index is -3.54. The molecule has 32 heteroatoms. The van der Waals surface area contributed by atoms with Gasteiger partial charge in [-0.3, -0.25) is 24.0 Å². The zero-order valence-corrected chi connectivity index (χ0v) is 68.5. The molecule has 3 aliphatic rings. The van der Waals surface area contributed by atoms with Crippen molar-refractivity contribution in [2.75, 3.05) is 95.8 Å². The minimum absolute atomic E-state index is 0.00866. The van der Waals surface area contributed by atoms with Crippen LogP contribution in [0.4, 0.5) is 34.5 Å². The van der Waals surface area contributed by atoms with Crippen LogP contribution in [0.25, 0.3) is 11.0 Å². The number of furan rings is 1. The summed E-state index contributed by atoms with van der Waals surface area (Å²) in [6.07, 6.45) is 19.6. The summed E-state index contributed by atoms with van der Waals surface area (Å²) in [5.74, 6) is 2.65. The first-order chi connectivity index (χ1) is 54.4. The molecule has 3 saturated heterocycles. The number of carbonyl (C=O) groups is 5. The van der Waals surface area contributed by atoms with Gasteiger partial charge < -0.3 is 55.0 Å². The van der Waals surface area contributed by atoms with Crippen LogP contribution in [-0.2, 0) is 45.6 Å². The lowest BCUT2D eigenvalue weighted by Crippen LogP contribution is -2.37. The Morgan fingerprint density at radius 2 is 0.904 bits per heavy atom. The molecule has 13 rings (SSSR count). The first-order valence-electron chi connectivity index (χ1n) is 37.1. The maximum absolute atomic E-state index is 12.9. The lowest BCUT2D eigenvalue weighted by Gasteiger charge is -2.34. The molecule has 5 N–H and O–H groups in total. The van der Waals surface area contributed by atoms with E-state index in [1.165, 1.54) is 48.9 Å². The number of rotatable bonds is 24. The Kier molecular flexibility index (Phi) is 28.3. The monoisotopic (exact) mass is 1670 g/mol. The van der Waals surface area contributed by atoms with E-state index in [-0.39, 0.29) is 56.3 Å². The predicted octanol–water partition coefficient (Wildman–Crippen LogP) is 14.4. The molecular weight excluding hydrogens is 1580 g/mol.